The number of alkyl halides is 6. The number of amides is 1. The van der Waals surface area contributed by atoms with Crippen molar-refractivity contribution in [3.05, 3.63) is 83.7 Å². The van der Waals surface area contributed by atoms with Crippen LogP contribution in [0.1, 0.15) is 11.1 Å². The molecule has 1 aromatic heterocycles. The van der Waals surface area contributed by atoms with E-state index >= 15 is 0 Å². The minimum Gasteiger partial charge on any atom is -0.497 e. The summed E-state index contributed by atoms with van der Waals surface area (Å²) in [5.74, 6) is -1.30. The number of anilines is 1. The minimum atomic E-state index is -5.06. The van der Waals surface area contributed by atoms with Gasteiger partial charge in [0, 0.05) is 5.69 Å². The number of hydrogen-bond acceptors (Lipinski definition) is 5. The first-order valence-electron chi connectivity index (χ1n) is 10.9. The maximum Gasteiger partial charge on any atom is 0.416 e. The lowest BCUT2D eigenvalue weighted by Crippen LogP contribution is -2.17. The predicted molar refractivity (Wildman–Crippen MR) is 129 cm³/mol. The van der Waals surface area contributed by atoms with E-state index in [9.17, 15) is 35.5 Å². The zero-order chi connectivity index (χ0) is 28.4. The Morgan fingerprint density at radius 1 is 0.923 bits per heavy atom. The van der Waals surface area contributed by atoms with Gasteiger partial charge in [0.25, 0.3) is 0 Å². The molecule has 0 fully saturated rings. The lowest BCUT2D eigenvalue weighted by atomic mass is 10.1. The molecule has 0 unspecified atom stereocenters. The summed E-state index contributed by atoms with van der Waals surface area (Å²) >= 11 is 0.799. The first-order chi connectivity index (χ1) is 18.4. The topological polar surface area (TPSA) is 69.0 Å². The number of carbonyl (C=O) groups is 1. The molecule has 0 aliphatic rings. The molecule has 3 aromatic carbocycles. The molecule has 4 aromatic rings. The highest BCUT2D eigenvalue weighted by molar-refractivity contribution is 7.99. The standard InChI is InChI=1S/C25H17F7N4O2S/c1-38-18-8-6-17(7-9-18)36-22(19-4-2-3-5-20(19)26)34-35-23(36)39-13-21(37)33-16-11-14(24(27,28)29)10-15(12-16)25(30,31)32/h2-12H,13H2,1H3,(H,33,37). The molecular formula is C25H17F7N4O2S. The van der Waals surface area contributed by atoms with E-state index in [-0.39, 0.29) is 22.6 Å². The lowest BCUT2D eigenvalue weighted by molar-refractivity contribution is -0.143. The highest BCUT2D eigenvalue weighted by Crippen LogP contribution is 2.38. The number of carbonyl (C=O) groups excluding carboxylic acids is 1. The number of ether oxygens (including phenoxy) is 1. The Labute approximate surface area is 220 Å². The van der Waals surface area contributed by atoms with Gasteiger partial charge in [-0.05, 0) is 54.6 Å². The van der Waals surface area contributed by atoms with Crippen molar-refractivity contribution in [2.45, 2.75) is 17.5 Å². The molecule has 6 nitrogen and oxygen atoms in total. The smallest absolute Gasteiger partial charge is 0.416 e. The van der Waals surface area contributed by atoms with Crippen LogP contribution < -0.4 is 10.1 Å². The second-order valence-electron chi connectivity index (χ2n) is 7.95. The van der Waals surface area contributed by atoms with Gasteiger partial charge in [0.1, 0.15) is 11.6 Å². The van der Waals surface area contributed by atoms with E-state index in [4.69, 9.17) is 4.74 Å². The molecule has 0 aliphatic carbocycles. The molecule has 1 heterocycles. The number of nitrogens with one attached hydrogen (secondary N) is 1. The number of thioether (sulfide) groups is 1. The van der Waals surface area contributed by atoms with Gasteiger partial charge in [0.2, 0.25) is 5.91 Å². The van der Waals surface area contributed by atoms with Crippen LogP contribution in [-0.2, 0) is 17.1 Å². The monoisotopic (exact) mass is 570 g/mol. The molecule has 4 rings (SSSR count). The quantitative estimate of drug-likeness (QED) is 0.195. The van der Waals surface area contributed by atoms with Crippen LogP contribution in [0.4, 0.5) is 36.4 Å². The molecule has 1 amide bonds. The van der Waals surface area contributed by atoms with Crippen molar-refractivity contribution in [2.24, 2.45) is 0 Å². The largest absolute Gasteiger partial charge is 0.497 e. The number of halogens is 7. The van der Waals surface area contributed by atoms with Crippen molar-refractivity contribution in [2.75, 3.05) is 18.2 Å². The van der Waals surface area contributed by atoms with Gasteiger partial charge in [0.05, 0.1) is 35.2 Å². The molecule has 0 bridgehead atoms. The summed E-state index contributed by atoms with van der Waals surface area (Å²) in [6, 6.07) is 13.1. The highest BCUT2D eigenvalue weighted by atomic mass is 32.2. The third kappa shape index (κ3) is 6.50. The van der Waals surface area contributed by atoms with Gasteiger partial charge in [-0.25, -0.2) is 4.39 Å². The maximum atomic E-state index is 14.6. The van der Waals surface area contributed by atoms with Crippen LogP contribution >= 0.6 is 11.8 Å². The van der Waals surface area contributed by atoms with Crippen LogP contribution in [0, 0.1) is 5.82 Å². The van der Waals surface area contributed by atoms with Crippen LogP contribution in [0.5, 0.6) is 5.75 Å². The van der Waals surface area contributed by atoms with E-state index in [1.54, 1.807) is 30.3 Å². The Bertz CT molecular complexity index is 1450. The third-order valence-corrected chi connectivity index (χ3v) is 6.21. The van der Waals surface area contributed by atoms with Crippen LogP contribution in [-0.4, -0.2) is 33.5 Å². The Hall–Kier alpha value is -4.07. The lowest BCUT2D eigenvalue weighted by Gasteiger charge is -2.15. The van der Waals surface area contributed by atoms with Gasteiger partial charge in [-0.1, -0.05) is 23.9 Å². The number of aromatic nitrogens is 3. The van der Waals surface area contributed by atoms with Crippen LogP contribution in [0.15, 0.2) is 71.9 Å². The molecule has 204 valence electrons. The maximum absolute atomic E-state index is 14.6. The summed E-state index contributed by atoms with van der Waals surface area (Å²) < 4.78 is 99.9. The number of nitrogens with zero attached hydrogens (tertiary/aromatic N) is 3. The number of benzene rings is 3. The number of methoxy groups -OCH3 is 1. The van der Waals surface area contributed by atoms with Crippen molar-refractivity contribution >= 4 is 23.4 Å². The van der Waals surface area contributed by atoms with Crippen molar-refractivity contribution in [1.82, 2.24) is 14.8 Å². The molecule has 0 saturated heterocycles. The summed E-state index contributed by atoms with van der Waals surface area (Å²) in [5.41, 5.74) is -3.20. The van der Waals surface area contributed by atoms with Gasteiger partial charge in [-0.2, -0.15) is 26.3 Å². The molecule has 0 spiro atoms. The number of rotatable bonds is 7. The molecule has 14 heteroatoms. The predicted octanol–water partition coefficient (Wildman–Crippen LogP) is 6.85. The Kier molecular flexibility index (Phi) is 7.86. The van der Waals surface area contributed by atoms with E-state index in [0.29, 0.717) is 23.6 Å². The minimum absolute atomic E-state index is 0.0357. The van der Waals surface area contributed by atoms with Crippen molar-refractivity contribution < 1.29 is 40.3 Å². The second-order valence-corrected chi connectivity index (χ2v) is 8.89. The summed E-state index contributed by atoms with van der Waals surface area (Å²) in [7, 11) is 1.47. The fourth-order valence-electron chi connectivity index (χ4n) is 3.50. The number of hydrogen-bond donors (Lipinski definition) is 1. The molecule has 0 saturated carbocycles. The summed E-state index contributed by atoms with van der Waals surface area (Å²) in [4.78, 5) is 12.5. The van der Waals surface area contributed by atoms with Crippen molar-refractivity contribution in [1.29, 1.82) is 0 Å². The Morgan fingerprint density at radius 3 is 2.10 bits per heavy atom. The summed E-state index contributed by atoms with van der Waals surface area (Å²) in [6.45, 7) is 0. The molecule has 0 aliphatic heterocycles. The molecule has 39 heavy (non-hydrogen) atoms. The Balaban J connectivity index is 1.62. The summed E-state index contributed by atoms with van der Waals surface area (Å²) in [5, 5.41) is 10.3. The third-order valence-electron chi connectivity index (χ3n) is 5.28. The fourth-order valence-corrected chi connectivity index (χ4v) is 4.25. The highest BCUT2D eigenvalue weighted by Gasteiger charge is 2.37. The molecule has 0 atom stereocenters. The normalized spacial score (nSPS) is 11.9. The van der Waals surface area contributed by atoms with Crippen molar-refractivity contribution in [3.63, 3.8) is 0 Å². The van der Waals surface area contributed by atoms with E-state index in [0.717, 1.165) is 11.8 Å². The molecule has 0 radical (unpaired) electrons. The van der Waals surface area contributed by atoms with Gasteiger partial charge in [-0.3, -0.25) is 9.36 Å². The first-order valence-corrected chi connectivity index (χ1v) is 11.9. The van der Waals surface area contributed by atoms with Gasteiger partial charge >= 0.3 is 12.4 Å². The van der Waals surface area contributed by atoms with E-state index in [1.165, 1.54) is 29.9 Å². The summed E-state index contributed by atoms with van der Waals surface area (Å²) in [6.07, 6.45) is -10.1. The Morgan fingerprint density at radius 2 is 1.54 bits per heavy atom. The van der Waals surface area contributed by atoms with E-state index in [1.807, 2.05) is 0 Å². The zero-order valence-electron chi connectivity index (χ0n) is 19.8. The average molecular weight is 570 g/mol. The van der Waals surface area contributed by atoms with Gasteiger partial charge < -0.3 is 10.1 Å². The van der Waals surface area contributed by atoms with Gasteiger partial charge in [0.15, 0.2) is 11.0 Å². The van der Waals surface area contributed by atoms with Crippen LogP contribution in [0.2, 0.25) is 0 Å². The van der Waals surface area contributed by atoms with E-state index in [2.05, 4.69) is 15.5 Å². The van der Waals surface area contributed by atoms with E-state index < -0.39 is 46.6 Å². The zero-order valence-corrected chi connectivity index (χ0v) is 20.6. The van der Waals surface area contributed by atoms with Crippen LogP contribution in [0.25, 0.3) is 17.1 Å². The SMILES string of the molecule is COc1ccc(-n2c(SCC(=O)Nc3cc(C(F)(F)F)cc(C(F)(F)F)c3)nnc2-c2ccccc2F)cc1. The molecule has 1 N–H and O–H groups in total. The fraction of sp³-hybridized carbons (Fsp3) is 0.160. The van der Waals surface area contributed by atoms with Crippen LogP contribution in [0.3, 0.4) is 0 Å². The van der Waals surface area contributed by atoms with Gasteiger partial charge in [-0.15, -0.1) is 10.2 Å². The molecular weight excluding hydrogens is 553 g/mol. The average Bonchev–Trinajstić information content (AvgIpc) is 3.30. The van der Waals surface area contributed by atoms with Crippen molar-refractivity contribution in [3.8, 4) is 22.8 Å². The second kappa shape index (κ2) is 11.0. The first kappa shape index (κ1) is 28.0.